The predicted molar refractivity (Wildman–Crippen MR) is 188 cm³/mol. The summed E-state index contributed by atoms with van der Waals surface area (Å²) in [6, 6.07) is 22.2. The molecule has 2 aliphatic rings. The summed E-state index contributed by atoms with van der Waals surface area (Å²) in [5.41, 5.74) is 4.55. The topological polar surface area (TPSA) is 115 Å². The van der Waals surface area contributed by atoms with Gasteiger partial charge in [-0.15, -0.1) is 0 Å². The fraction of sp³-hybridized carbons (Fsp3) is 0.405. The molecule has 6 rings (SSSR count). The first-order chi connectivity index (χ1) is 22.8. The van der Waals surface area contributed by atoms with E-state index in [1.807, 2.05) is 61.5 Å². The second-order valence-electron chi connectivity index (χ2n) is 14.0. The van der Waals surface area contributed by atoms with Crippen molar-refractivity contribution >= 4 is 27.6 Å². The fourth-order valence-corrected chi connectivity index (χ4v) is 8.87. The minimum atomic E-state index is -3.67. The first-order valence-corrected chi connectivity index (χ1v) is 17.9. The standard InChI is InChI=1S/C37H45N5O5S/c1-24-7-13-28(14-8-24)41-35(23-34(40-41)37(2,3)4)39-36(43)38-27-11-9-25(10-12-27)19-26-20-29-15-16-30(21-26)42(29)48(44,45)31-17-18-32(46-5)33(22-31)47-6/h7-14,17-18,22-23,26,29-30H,15-16,19-21H2,1-6H3,(H2,38,39,43). The van der Waals surface area contributed by atoms with E-state index in [-0.39, 0.29) is 28.4 Å². The Kier molecular flexibility index (Phi) is 9.28. The van der Waals surface area contributed by atoms with E-state index >= 15 is 0 Å². The molecule has 2 atom stereocenters. The van der Waals surface area contributed by atoms with E-state index < -0.39 is 10.0 Å². The van der Waals surface area contributed by atoms with Crippen molar-refractivity contribution in [1.29, 1.82) is 0 Å². The molecule has 2 N–H and O–H groups in total. The van der Waals surface area contributed by atoms with Gasteiger partial charge in [0.1, 0.15) is 5.82 Å². The fourth-order valence-electron chi connectivity index (χ4n) is 6.96. The van der Waals surface area contributed by atoms with Crippen LogP contribution in [0.2, 0.25) is 0 Å². The molecule has 3 heterocycles. The van der Waals surface area contributed by atoms with Gasteiger partial charge < -0.3 is 14.8 Å². The number of anilines is 2. The number of fused-ring (bicyclic) bond motifs is 2. The van der Waals surface area contributed by atoms with Crippen LogP contribution in [-0.2, 0) is 21.9 Å². The largest absolute Gasteiger partial charge is 0.493 e. The Hall–Kier alpha value is -4.35. The van der Waals surface area contributed by atoms with Crippen molar-refractivity contribution in [3.63, 3.8) is 0 Å². The van der Waals surface area contributed by atoms with E-state index in [0.717, 1.165) is 54.6 Å². The van der Waals surface area contributed by atoms with Gasteiger partial charge >= 0.3 is 6.03 Å². The van der Waals surface area contributed by atoms with Crippen LogP contribution in [-0.4, -0.2) is 54.8 Å². The van der Waals surface area contributed by atoms with Gasteiger partial charge in [-0.2, -0.15) is 9.40 Å². The molecule has 2 unspecified atom stereocenters. The second kappa shape index (κ2) is 13.3. The number of benzene rings is 3. The average molecular weight is 672 g/mol. The van der Waals surface area contributed by atoms with E-state index in [4.69, 9.17) is 14.6 Å². The first kappa shape index (κ1) is 33.5. The lowest BCUT2D eigenvalue weighted by molar-refractivity contribution is 0.190. The van der Waals surface area contributed by atoms with Gasteiger partial charge in [0.15, 0.2) is 11.5 Å². The quantitative estimate of drug-likeness (QED) is 0.193. The highest BCUT2D eigenvalue weighted by Crippen LogP contribution is 2.44. The maximum Gasteiger partial charge on any atom is 0.324 e. The van der Waals surface area contributed by atoms with E-state index in [2.05, 4.69) is 31.4 Å². The smallest absolute Gasteiger partial charge is 0.324 e. The number of carbonyl (C=O) groups is 1. The van der Waals surface area contributed by atoms with Crippen LogP contribution in [0.5, 0.6) is 11.5 Å². The van der Waals surface area contributed by atoms with E-state index in [9.17, 15) is 13.2 Å². The van der Waals surface area contributed by atoms with Gasteiger partial charge in [-0.05, 0) is 86.9 Å². The minimum absolute atomic E-state index is 0.0244. The summed E-state index contributed by atoms with van der Waals surface area (Å²) in [6.45, 7) is 8.32. The van der Waals surface area contributed by atoms with E-state index in [0.29, 0.717) is 28.9 Å². The lowest BCUT2D eigenvalue weighted by Crippen LogP contribution is -2.46. The molecular weight excluding hydrogens is 627 g/mol. The number of carbonyl (C=O) groups excluding carboxylic acids is 1. The number of aryl methyl sites for hydroxylation is 1. The van der Waals surface area contributed by atoms with Gasteiger partial charge in [0, 0.05) is 35.3 Å². The zero-order valence-electron chi connectivity index (χ0n) is 28.5. The van der Waals surface area contributed by atoms with Crippen LogP contribution in [0.4, 0.5) is 16.3 Å². The molecule has 48 heavy (non-hydrogen) atoms. The van der Waals surface area contributed by atoms with Crippen molar-refractivity contribution in [3.05, 3.63) is 89.6 Å². The van der Waals surface area contributed by atoms with Crippen LogP contribution >= 0.6 is 0 Å². The Bertz CT molecular complexity index is 1870. The molecule has 0 radical (unpaired) electrons. The molecule has 2 bridgehead atoms. The summed E-state index contributed by atoms with van der Waals surface area (Å²) >= 11 is 0. The van der Waals surface area contributed by atoms with Crippen molar-refractivity contribution in [1.82, 2.24) is 14.1 Å². The number of hydrogen-bond acceptors (Lipinski definition) is 6. The van der Waals surface area contributed by atoms with Crippen molar-refractivity contribution in [3.8, 4) is 17.2 Å². The number of piperidine rings is 1. The third-order valence-electron chi connectivity index (χ3n) is 9.43. The maximum absolute atomic E-state index is 13.8. The Balaban J connectivity index is 1.08. The third-order valence-corrected chi connectivity index (χ3v) is 11.4. The van der Waals surface area contributed by atoms with Gasteiger partial charge in [0.05, 0.1) is 30.5 Å². The molecule has 2 amide bonds. The number of rotatable bonds is 9. The van der Waals surface area contributed by atoms with Gasteiger partial charge in [-0.1, -0.05) is 50.6 Å². The molecule has 0 saturated carbocycles. The Morgan fingerprint density at radius 2 is 1.52 bits per heavy atom. The Morgan fingerprint density at radius 3 is 2.12 bits per heavy atom. The highest BCUT2D eigenvalue weighted by atomic mass is 32.2. The van der Waals surface area contributed by atoms with Crippen molar-refractivity contribution in [2.75, 3.05) is 24.9 Å². The number of ether oxygens (including phenoxy) is 2. The molecule has 0 spiro atoms. The number of methoxy groups -OCH3 is 2. The summed E-state index contributed by atoms with van der Waals surface area (Å²) in [5.74, 6) is 1.87. The number of aromatic nitrogens is 2. The van der Waals surface area contributed by atoms with Crippen molar-refractivity contribution in [2.24, 2.45) is 5.92 Å². The zero-order chi connectivity index (χ0) is 34.2. The molecule has 2 aliphatic heterocycles. The number of urea groups is 1. The molecule has 11 heteroatoms. The lowest BCUT2D eigenvalue weighted by Gasteiger charge is -2.38. The first-order valence-electron chi connectivity index (χ1n) is 16.5. The van der Waals surface area contributed by atoms with Crippen LogP contribution in [0.1, 0.15) is 63.3 Å². The summed E-state index contributed by atoms with van der Waals surface area (Å²) in [7, 11) is -0.632. The van der Waals surface area contributed by atoms with Crippen molar-refractivity contribution < 1.29 is 22.7 Å². The molecule has 1 aromatic heterocycles. The van der Waals surface area contributed by atoms with Crippen LogP contribution in [0.15, 0.2) is 77.7 Å². The average Bonchev–Trinajstić information content (AvgIpc) is 3.61. The second-order valence-corrected chi connectivity index (χ2v) is 15.8. The van der Waals surface area contributed by atoms with E-state index in [1.165, 1.54) is 14.2 Å². The SMILES string of the molecule is COc1ccc(S(=O)(=O)N2C3CCC2CC(Cc2ccc(NC(=O)Nc4cc(C(C)(C)C)nn4-c4ccc(C)cc4)cc2)C3)cc1OC. The molecule has 254 valence electrons. The molecule has 0 aliphatic carbocycles. The number of hydrogen-bond donors (Lipinski definition) is 2. The van der Waals surface area contributed by atoms with Crippen molar-refractivity contribution in [2.45, 2.75) is 82.2 Å². The van der Waals surface area contributed by atoms with Gasteiger partial charge in [0.2, 0.25) is 10.0 Å². The molecule has 2 saturated heterocycles. The summed E-state index contributed by atoms with van der Waals surface area (Å²) in [4.78, 5) is 13.3. The van der Waals surface area contributed by atoms with Crippen LogP contribution in [0, 0.1) is 12.8 Å². The zero-order valence-corrected chi connectivity index (χ0v) is 29.3. The normalized spacial score (nSPS) is 19.6. The molecule has 4 aromatic rings. The van der Waals surface area contributed by atoms with Gasteiger partial charge in [0.25, 0.3) is 0 Å². The third kappa shape index (κ3) is 6.93. The predicted octanol–water partition coefficient (Wildman–Crippen LogP) is 7.31. The molecular formula is C37H45N5O5S. The van der Waals surface area contributed by atoms with Gasteiger partial charge in [-0.3, -0.25) is 5.32 Å². The van der Waals surface area contributed by atoms with Crippen LogP contribution in [0.25, 0.3) is 5.69 Å². The van der Waals surface area contributed by atoms with Crippen LogP contribution < -0.4 is 20.1 Å². The summed E-state index contributed by atoms with van der Waals surface area (Å²) in [6.07, 6.45) is 4.22. The molecule has 10 nitrogen and oxygen atoms in total. The Morgan fingerprint density at radius 1 is 0.875 bits per heavy atom. The van der Waals surface area contributed by atoms with E-state index in [1.54, 1.807) is 27.2 Å². The number of amides is 2. The summed E-state index contributed by atoms with van der Waals surface area (Å²) in [5, 5.41) is 10.7. The number of nitrogens with zero attached hydrogens (tertiary/aromatic N) is 3. The minimum Gasteiger partial charge on any atom is -0.493 e. The lowest BCUT2D eigenvalue weighted by atomic mass is 9.87. The maximum atomic E-state index is 13.8. The number of sulfonamides is 1. The number of nitrogens with one attached hydrogen (secondary N) is 2. The molecule has 2 fully saturated rings. The highest BCUT2D eigenvalue weighted by molar-refractivity contribution is 7.89. The van der Waals surface area contributed by atoms with Gasteiger partial charge in [-0.25, -0.2) is 17.9 Å². The monoisotopic (exact) mass is 671 g/mol. The van der Waals surface area contributed by atoms with Crippen LogP contribution in [0.3, 0.4) is 0 Å². The highest BCUT2D eigenvalue weighted by Gasteiger charge is 2.47. The summed E-state index contributed by atoms with van der Waals surface area (Å²) < 4.78 is 41.7. The molecule has 3 aromatic carbocycles. The Labute approximate surface area is 283 Å².